The van der Waals surface area contributed by atoms with Gasteiger partial charge in [0.25, 0.3) is 0 Å². The fourth-order valence-electron chi connectivity index (χ4n) is 1.62. The average molecular weight is 268 g/mol. The van der Waals surface area contributed by atoms with Gasteiger partial charge in [-0.1, -0.05) is 24.9 Å². The van der Waals surface area contributed by atoms with Gasteiger partial charge in [-0.15, -0.1) is 11.3 Å². The van der Waals surface area contributed by atoms with Gasteiger partial charge in [-0.25, -0.2) is 4.98 Å². The highest BCUT2D eigenvalue weighted by molar-refractivity contribution is 7.15. The predicted molar refractivity (Wildman–Crippen MR) is 72.2 cm³/mol. The largest absolute Gasteiger partial charge is 0.326 e. The number of nitrogens with zero attached hydrogens (tertiary/aromatic N) is 2. The standard InChI is InChI=1S/C12H14ClN3S/c1-2-4-9-10(7-14)17-12(16-9)11-8(13)5-3-6-15-11/h3,5-6H,2,4,7,14H2,1H3. The van der Waals surface area contributed by atoms with Crippen LogP contribution in [-0.4, -0.2) is 9.97 Å². The first-order chi connectivity index (χ1) is 8.26. The maximum atomic E-state index is 6.11. The summed E-state index contributed by atoms with van der Waals surface area (Å²) in [6, 6.07) is 3.64. The van der Waals surface area contributed by atoms with Crippen molar-refractivity contribution < 1.29 is 0 Å². The van der Waals surface area contributed by atoms with Crippen LogP contribution >= 0.6 is 22.9 Å². The van der Waals surface area contributed by atoms with Crippen molar-refractivity contribution in [2.75, 3.05) is 0 Å². The summed E-state index contributed by atoms with van der Waals surface area (Å²) in [6.07, 6.45) is 3.74. The Morgan fingerprint density at radius 2 is 2.29 bits per heavy atom. The number of thiazole rings is 1. The lowest BCUT2D eigenvalue weighted by molar-refractivity contribution is 0.871. The van der Waals surface area contributed by atoms with Crippen LogP contribution in [0, 0.1) is 0 Å². The quantitative estimate of drug-likeness (QED) is 0.925. The van der Waals surface area contributed by atoms with E-state index in [1.807, 2.05) is 12.1 Å². The van der Waals surface area contributed by atoms with Crippen LogP contribution in [0.3, 0.4) is 0 Å². The maximum Gasteiger partial charge on any atom is 0.143 e. The summed E-state index contributed by atoms with van der Waals surface area (Å²) in [6.45, 7) is 2.66. The minimum atomic E-state index is 0.525. The number of nitrogens with two attached hydrogens (primary N) is 1. The van der Waals surface area contributed by atoms with Crippen molar-refractivity contribution >= 4 is 22.9 Å². The lowest BCUT2D eigenvalue weighted by Gasteiger charge is -1.97. The molecule has 0 aromatic carbocycles. The zero-order valence-corrected chi connectivity index (χ0v) is 11.2. The van der Waals surface area contributed by atoms with E-state index in [0.29, 0.717) is 11.6 Å². The van der Waals surface area contributed by atoms with E-state index >= 15 is 0 Å². The summed E-state index contributed by atoms with van der Waals surface area (Å²) >= 11 is 7.70. The molecule has 0 aliphatic rings. The third-order valence-electron chi connectivity index (χ3n) is 2.41. The second-order valence-electron chi connectivity index (χ2n) is 3.68. The van der Waals surface area contributed by atoms with Crippen molar-refractivity contribution in [3.05, 3.63) is 33.9 Å². The lowest BCUT2D eigenvalue weighted by Crippen LogP contribution is -1.97. The number of rotatable bonds is 4. The Morgan fingerprint density at radius 3 is 2.94 bits per heavy atom. The summed E-state index contributed by atoms with van der Waals surface area (Å²) in [5.41, 5.74) is 7.55. The minimum absolute atomic E-state index is 0.525. The van der Waals surface area contributed by atoms with Crippen LogP contribution in [0.25, 0.3) is 10.7 Å². The highest BCUT2D eigenvalue weighted by Crippen LogP contribution is 2.31. The van der Waals surface area contributed by atoms with Crippen molar-refractivity contribution in [3.8, 4) is 10.7 Å². The fraction of sp³-hybridized carbons (Fsp3) is 0.333. The molecule has 2 rings (SSSR count). The van der Waals surface area contributed by atoms with Crippen molar-refractivity contribution in [2.45, 2.75) is 26.3 Å². The molecule has 0 saturated heterocycles. The van der Waals surface area contributed by atoms with Gasteiger partial charge in [0.05, 0.1) is 10.7 Å². The van der Waals surface area contributed by atoms with Crippen molar-refractivity contribution in [2.24, 2.45) is 5.73 Å². The second-order valence-corrected chi connectivity index (χ2v) is 5.17. The fourth-order valence-corrected chi connectivity index (χ4v) is 2.88. The Labute approximate surface area is 110 Å². The van der Waals surface area contributed by atoms with Crippen LogP contribution in [0.4, 0.5) is 0 Å². The third kappa shape index (κ3) is 2.65. The summed E-state index contributed by atoms with van der Waals surface area (Å²) in [5.74, 6) is 0. The van der Waals surface area contributed by atoms with Crippen LogP contribution in [0.5, 0.6) is 0 Å². The van der Waals surface area contributed by atoms with E-state index in [1.54, 1.807) is 17.5 Å². The predicted octanol–water partition coefficient (Wildman–Crippen LogP) is 3.27. The minimum Gasteiger partial charge on any atom is -0.326 e. The molecule has 2 heterocycles. The summed E-state index contributed by atoms with van der Waals surface area (Å²) < 4.78 is 0. The van der Waals surface area contributed by atoms with Gasteiger partial charge in [0.1, 0.15) is 10.7 Å². The first-order valence-electron chi connectivity index (χ1n) is 5.55. The van der Waals surface area contributed by atoms with Crippen molar-refractivity contribution in [1.29, 1.82) is 0 Å². The van der Waals surface area contributed by atoms with Crippen LogP contribution in [0.1, 0.15) is 23.9 Å². The summed E-state index contributed by atoms with van der Waals surface area (Å²) in [7, 11) is 0. The second kappa shape index (κ2) is 5.58. The molecule has 2 aromatic rings. The van der Waals surface area contributed by atoms with Crippen molar-refractivity contribution in [1.82, 2.24) is 9.97 Å². The van der Waals surface area contributed by atoms with E-state index in [9.17, 15) is 0 Å². The Hall–Kier alpha value is -0.970. The normalized spacial score (nSPS) is 10.8. The molecule has 0 radical (unpaired) electrons. The Morgan fingerprint density at radius 1 is 1.47 bits per heavy atom. The molecule has 17 heavy (non-hydrogen) atoms. The summed E-state index contributed by atoms with van der Waals surface area (Å²) in [4.78, 5) is 9.99. The highest BCUT2D eigenvalue weighted by Gasteiger charge is 2.13. The zero-order chi connectivity index (χ0) is 12.3. The van der Waals surface area contributed by atoms with Gasteiger partial charge in [-0.3, -0.25) is 4.98 Å². The molecule has 0 amide bonds. The maximum absolute atomic E-state index is 6.11. The molecule has 0 atom stereocenters. The number of aryl methyl sites for hydroxylation is 1. The zero-order valence-electron chi connectivity index (χ0n) is 9.61. The topological polar surface area (TPSA) is 51.8 Å². The molecular weight excluding hydrogens is 254 g/mol. The molecule has 0 aliphatic heterocycles. The van der Waals surface area contributed by atoms with Gasteiger partial charge >= 0.3 is 0 Å². The van der Waals surface area contributed by atoms with Gasteiger partial charge in [0.15, 0.2) is 0 Å². The number of pyridine rings is 1. The van der Waals surface area contributed by atoms with Crippen molar-refractivity contribution in [3.63, 3.8) is 0 Å². The van der Waals surface area contributed by atoms with Gasteiger partial charge in [-0.05, 0) is 18.6 Å². The number of aromatic nitrogens is 2. The molecule has 3 nitrogen and oxygen atoms in total. The van der Waals surface area contributed by atoms with Gasteiger partial charge in [0, 0.05) is 17.6 Å². The molecule has 2 N–H and O–H groups in total. The van der Waals surface area contributed by atoms with E-state index < -0.39 is 0 Å². The Balaban J connectivity index is 2.43. The molecule has 0 unspecified atom stereocenters. The van der Waals surface area contributed by atoms with Crippen LogP contribution < -0.4 is 5.73 Å². The number of hydrogen-bond acceptors (Lipinski definition) is 4. The molecule has 90 valence electrons. The monoisotopic (exact) mass is 267 g/mol. The van der Waals surface area contributed by atoms with Gasteiger partial charge in [-0.2, -0.15) is 0 Å². The molecule has 0 spiro atoms. The van der Waals surface area contributed by atoms with Crippen LogP contribution in [-0.2, 0) is 13.0 Å². The smallest absolute Gasteiger partial charge is 0.143 e. The molecule has 0 fully saturated rings. The Kier molecular flexibility index (Phi) is 4.10. The molecule has 2 aromatic heterocycles. The lowest BCUT2D eigenvalue weighted by atomic mass is 10.2. The van der Waals surface area contributed by atoms with E-state index in [0.717, 1.165) is 34.1 Å². The number of halogens is 1. The van der Waals surface area contributed by atoms with Crippen LogP contribution in [0.15, 0.2) is 18.3 Å². The number of hydrogen-bond donors (Lipinski definition) is 1. The Bertz CT molecular complexity index is 510. The first-order valence-corrected chi connectivity index (χ1v) is 6.75. The van der Waals surface area contributed by atoms with E-state index in [1.165, 1.54) is 0 Å². The average Bonchev–Trinajstić information content (AvgIpc) is 2.73. The van der Waals surface area contributed by atoms with E-state index in [4.69, 9.17) is 17.3 Å². The molecule has 5 heteroatoms. The molecule has 0 aliphatic carbocycles. The third-order valence-corrected chi connectivity index (χ3v) is 3.84. The molecule has 0 bridgehead atoms. The van der Waals surface area contributed by atoms with Gasteiger partial charge < -0.3 is 5.73 Å². The molecular formula is C12H14ClN3S. The first kappa shape index (κ1) is 12.5. The van der Waals surface area contributed by atoms with Crippen LogP contribution in [0.2, 0.25) is 5.02 Å². The van der Waals surface area contributed by atoms with E-state index in [2.05, 4.69) is 16.9 Å². The van der Waals surface area contributed by atoms with E-state index in [-0.39, 0.29) is 0 Å². The SMILES string of the molecule is CCCc1nc(-c2ncccc2Cl)sc1CN. The molecule has 0 saturated carbocycles. The summed E-state index contributed by atoms with van der Waals surface area (Å²) in [5, 5.41) is 1.49. The highest BCUT2D eigenvalue weighted by atomic mass is 35.5. The van der Waals surface area contributed by atoms with Gasteiger partial charge in [0.2, 0.25) is 0 Å².